The van der Waals surface area contributed by atoms with E-state index in [1.165, 1.54) is 9.79 Å². The number of aliphatic imine (C=N–C) groups is 1. The average molecular weight is 573 g/mol. The van der Waals surface area contributed by atoms with Crippen molar-refractivity contribution in [3.63, 3.8) is 0 Å². The van der Waals surface area contributed by atoms with E-state index < -0.39 is 18.4 Å². The standard InChI is InChI=1S/C22H29N6O2.3CH3.Sn/c1-4-22(29)25-19-11-17(24-21-13-26(3)8-7-23-21)5-6-20(19)28-10-9-27(12-16(28)2)18-14-30-15-18;;;;/h4-6,8,11,16,18H,1,9-10,12-15H2,2-3H3,(H,23,24)(H,25,29);3*1H3;/t16-;;;;/m0..../s1. The summed E-state index contributed by atoms with van der Waals surface area (Å²) in [6, 6.07) is 6.98. The summed E-state index contributed by atoms with van der Waals surface area (Å²) in [6.45, 7) is 11.1. The van der Waals surface area contributed by atoms with Crippen molar-refractivity contribution >= 4 is 47.2 Å². The van der Waals surface area contributed by atoms with Crippen LogP contribution in [-0.2, 0) is 9.53 Å². The van der Waals surface area contributed by atoms with Gasteiger partial charge in [0.25, 0.3) is 0 Å². The van der Waals surface area contributed by atoms with Crippen molar-refractivity contribution in [3.8, 4) is 0 Å². The number of nitrogens with zero attached hydrogens (tertiary/aromatic N) is 4. The number of likely N-dealkylation sites (N-methyl/N-ethyl adjacent to an activating group) is 1. The van der Waals surface area contributed by atoms with Crippen molar-refractivity contribution in [2.75, 3.05) is 56.7 Å². The van der Waals surface area contributed by atoms with E-state index in [4.69, 9.17) is 9.73 Å². The third kappa shape index (κ3) is 5.77. The number of carbonyl (C=O) groups excluding carboxylic acids is 1. The first-order chi connectivity index (χ1) is 16.1. The van der Waals surface area contributed by atoms with Gasteiger partial charge in [0.05, 0.1) is 19.3 Å². The topological polar surface area (TPSA) is 72.4 Å². The van der Waals surface area contributed by atoms with E-state index in [2.05, 4.69) is 73.0 Å². The van der Waals surface area contributed by atoms with Gasteiger partial charge in [-0.15, -0.1) is 0 Å². The van der Waals surface area contributed by atoms with E-state index in [-0.39, 0.29) is 5.91 Å². The quantitative estimate of drug-likeness (QED) is 0.403. The molecule has 0 radical (unpaired) electrons. The van der Waals surface area contributed by atoms with Crippen LogP contribution in [0, 0.1) is 0 Å². The number of carbonyl (C=O) groups is 1. The third-order valence-electron chi connectivity index (χ3n) is 6.63. The Balaban J connectivity index is 1.58. The van der Waals surface area contributed by atoms with Gasteiger partial charge in [-0.25, -0.2) is 0 Å². The van der Waals surface area contributed by atoms with Crippen LogP contribution in [0.25, 0.3) is 0 Å². The SMILES string of the molecule is C=CC(=O)Nc1cc(N=C2CN(C)C=[C]([Sn]([CH3])([CH3])[CH3])N2)ccc1N1CCN(C2COC2)C[C@@H]1C. The predicted octanol–water partition coefficient (Wildman–Crippen LogP) is 3.00. The van der Waals surface area contributed by atoms with Crippen LogP contribution in [0.3, 0.4) is 0 Å². The zero-order valence-corrected chi connectivity index (χ0v) is 24.0. The van der Waals surface area contributed by atoms with E-state index in [0.29, 0.717) is 12.1 Å². The first kappa shape index (κ1) is 25.1. The number of amides is 1. The van der Waals surface area contributed by atoms with Crippen molar-refractivity contribution in [1.82, 2.24) is 15.1 Å². The minimum absolute atomic E-state index is 0.216. The van der Waals surface area contributed by atoms with Gasteiger partial charge in [0.1, 0.15) is 0 Å². The van der Waals surface area contributed by atoms with Gasteiger partial charge < -0.3 is 4.74 Å². The molecule has 0 aromatic heterocycles. The summed E-state index contributed by atoms with van der Waals surface area (Å²) in [5.74, 6) is 0.719. The Labute approximate surface area is 207 Å². The number of piperazine rings is 1. The minimum atomic E-state index is -2.27. The van der Waals surface area contributed by atoms with Crippen LogP contribution in [0.2, 0.25) is 14.8 Å². The zero-order chi connectivity index (χ0) is 24.5. The van der Waals surface area contributed by atoms with Crippen LogP contribution in [-0.4, -0.2) is 98.4 Å². The Morgan fingerprint density at radius 3 is 2.68 bits per heavy atom. The van der Waals surface area contributed by atoms with Crippen molar-refractivity contribution in [2.45, 2.75) is 33.8 Å². The summed E-state index contributed by atoms with van der Waals surface area (Å²) in [5.41, 5.74) is 2.62. The second kappa shape index (κ2) is 10.3. The molecule has 8 nitrogen and oxygen atoms in total. The molecule has 184 valence electrons. The fourth-order valence-electron chi connectivity index (χ4n) is 4.57. The number of ether oxygens (including phenoxy) is 1. The van der Waals surface area contributed by atoms with E-state index in [9.17, 15) is 4.79 Å². The number of benzene rings is 1. The fourth-order valence-corrected chi connectivity index (χ4v) is 7.78. The van der Waals surface area contributed by atoms with Gasteiger partial charge >= 0.3 is 184 Å². The molecule has 0 bridgehead atoms. The molecule has 1 aromatic rings. The summed E-state index contributed by atoms with van der Waals surface area (Å²) >= 11 is -2.27. The van der Waals surface area contributed by atoms with Crippen LogP contribution in [0.4, 0.5) is 17.1 Å². The molecule has 9 heteroatoms. The monoisotopic (exact) mass is 574 g/mol. The number of rotatable bonds is 6. The summed E-state index contributed by atoms with van der Waals surface area (Å²) in [5, 5.41) is 6.61. The molecule has 0 unspecified atom stereocenters. The van der Waals surface area contributed by atoms with E-state index in [0.717, 1.165) is 62.3 Å². The maximum atomic E-state index is 12.3. The van der Waals surface area contributed by atoms with Gasteiger partial charge in [0.15, 0.2) is 0 Å². The normalized spacial score (nSPS) is 23.3. The van der Waals surface area contributed by atoms with Crippen LogP contribution in [0.15, 0.2) is 45.8 Å². The summed E-state index contributed by atoms with van der Waals surface area (Å²) < 4.78 is 6.72. The molecule has 34 heavy (non-hydrogen) atoms. The van der Waals surface area contributed by atoms with Crippen molar-refractivity contribution < 1.29 is 9.53 Å². The zero-order valence-electron chi connectivity index (χ0n) is 21.1. The van der Waals surface area contributed by atoms with Crippen molar-refractivity contribution in [2.24, 2.45) is 4.99 Å². The number of hydrogen-bond acceptors (Lipinski definition) is 6. The van der Waals surface area contributed by atoms with Gasteiger partial charge in [0.2, 0.25) is 0 Å². The third-order valence-corrected chi connectivity index (χ3v) is 12.0. The molecule has 1 amide bonds. The van der Waals surface area contributed by atoms with Crippen LogP contribution < -0.4 is 15.5 Å². The Bertz CT molecular complexity index is 998. The molecule has 1 aromatic carbocycles. The van der Waals surface area contributed by atoms with Gasteiger partial charge in [-0.1, -0.05) is 0 Å². The summed E-state index contributed by atoms with van der Waals surface area (Å²) in [7, 11) is 2.09. The van der Waals surface area contributed by atoms with Crippen molar-refractivity contribution in [3.05, 3.63) is 40.8 Å². The van der Waals surface area contributed by atoms with Crippen LogP contribution in [0.1, 0.15) is 6.92 Å². The molecule has 2 fully saturated rings. The maximum absolute atomic E-state index is 12.3. The first-order valence-corrected chi connectivity index (χ1v) is 22.1. The number of amidine groups is 1. The van der Waals surface area contributed by atoms with E-state index in [1.807, 2.05) is 12.1 Å². The first-order valence-electron chi connectivity index (χ1n) is 12.1. The Morgan fingerprint density at radius 1 is 1.29 bits per heavy atom. The summed E-state index contributed by atoms with van der Waals surface area (Å²) in [6.07, 6.45) is 3.54. The molecule has 2 saturated heterocycles. The van der Waals surface area contributed by atoms with Gasteiger partial charge in [-0.2, -0.15) is 0 Å². The number of anilines is 2. The molecule has 3 aliphatic rings. The second-order valence-electron chi connectivity index (χ2n) is 10.5. The van der Waals surface area contributed by atoms with E-state index >= 15 is 0 Å². The Hall–Kier alpha value is -2.04. The number of nitrogens with one attached hydrogen (secondary N) is 2. The molecule has 0 spiro atoms. The molecule has 3 aliphatic heterocycles. The van der Waals surface area contributed by atoms with Crippen LogP contribution >= 0.6 is 0 Å². The number of hydrogen-bond donors (Lipinski definition) is 2. The van der Waals surface area contributed by atoms with Gasteiger partial charge in [-0.05, 0) is 0 Å². The molecule has 3 heterocycles. The molecular weight excluding hydrogens is 535 g/mol. The predicted molar refractivity (Wildman–Crippen MR) is 143 cm³/mol. The second-order valence-corrected chi connectivity index (χ2v) is 24.9. The van der Waals surface area contributed by atoms with Gasteiger partial charge in [-0.3, -0.25) is 0 Å². The fraction of sp³-hybridized carbons (Fsp3) is 0.520. The van der Waals surface area contributed by atoms with E-state index in [1.54, 1.807) is 0 Å². The molecule has 2 N–H and O–H groups in total. The van der Waals surface area contributed by atoms with Crippen molar-refractivity contribution in [1.29, 1.82) is 0 Å². The van der Waals surface area contributed by atoms with Gasteiger partial charge in [0, 0.05) is 0 Å². The molecule has 4 rings (SSSR count). The molecule has 1 atom stereocenters. The molecular formula is C25H38N6O2Sn. The molecule has 0 aliphatic carbocycles. The van der Waals surface area contributed by atoms with Crippen LogP contribution in [0.5, 0.6) is 0 Å². The molecule has 0 saturated carbocycles. The summed E-state index contributed by atoms with van der Waals surface area (Å²) in [4.78, 5) is 31.4. The Morgan fingerprint density at radius 2 is 2.06 bits per heavy atom. The average Bonchev–Trinajstić information content (AvgIpc) is 2.72. The Kier molecular flexibility index (Phi) is 7.59.